The van der Waals surface area contributed by atoms with Gasteiger partial charge in [-0.25, -0.2) is 0 Å². The Kier molecular flexibility index (Phi) is 4.16. The summed E-state index contributed by atoms with van der Waals surface area (Å²) in [6, 6.07) is 4.21. The molecule has 0 bridgehead atoms. The first-order chi connectivity index (χ1) is 8.98. The number of nitrogens with two attached hydrogens (primary N) is 1. The second kappa shape index (κ2) is 5.51. The van der Waals surface area contributed by atoms with Crippen LogP contribution in [-0.4, -0.2) is 30.6 Å². The Morgan fingerprint density at radius 1 is 1.26 bits per heavy atom. The summed E-state index contributed by atoms with van der Waals surface area (Å²) in [6.07, 6.45) is 4.63. The molecule has 3 heteroatoms. The number of benzene rings is 1. The van der Waals surface area contributed by atoms with Gasteiger partial charge in [-0.2, -0.15) is 0 Å². The molecule has 2 rings (SSSR count). The van der Waals surface area contributed by atoms with Crippen molar-refractivity contribution in [3.05, 3.63) is 28.8 Å². The van der Waals surface area contributed by atoms with Crippen molar-refractivity contribution in [2.45, 2.75) is 44.6 Å². The minimum atomic E-state index is -0.00281. The number of rotatable bonds is 4. The van der Waals surface area contributed by atoms with Gasteiger partial charge in [0.1, 0.15) is 5.75 Å². The first-order valence-electron chi connectivity index (χ1n) is 7.16. The zero-order valence-electron chi connectivity index (χ0n) is 12.4. The van der Waals surface area contributed by atoms with E-state index in [1.165, 1.54) is 18.4 Å². The van der Waals surface area contributed by atoms with E-state index < -0.39 is 0 Å². The molecule has 0 radical (unpaired) electrons. The molecule has 0 aromatic heterocycles. The number of hydrogen-bond donors (Lipinski definition) is 2. The second-order valence-electron chi connectivity index (χ2n) is 6.25. The van der Waals surface area contributed by atoms with Crippen LogP contribution in [0.3, 0.4) is 0 Å². The van der Waals surface area contributed by atoms with Gasteiger partial charge < -0.3 is 15.7 Å². The lowest BCUT2D eigenvalue weighted by Gasteiger charge is -2.30. The fourth-order valence-electron chi connectivity index (χ4n) is 3.35. The maximum absolute atomic E-state index is 10.6. The average molecular weight is 262 g/mol. The van der Waals surface area contributed by atoms with Crippen LogP contribution in [0.4, 0.5) is 0 Å². The highest BCUT2D eigenvalue weighted by molar-refractivity contribution is 5.48. The van der Waals surface area contributed by atoms with Gasteiger partial charge in [-0.3, -0.25) is 0 Å². The smallest absolute Gasteiger partial charge is 0.123 e. The predicted molar refractivity (Wildman–Crippen MR) is 79.4 cm³/mol. The van der Waals surface area contributed by atoms with Crippen LogP contribution in [0.15, 0.2) is 12.1 Å². The van der Waals surface area contributed by atoms with Crippen LogP contribution in [0.2, 0.25) is 0 Å². The van der Waals surface area contributed by atoms with E-state index in [1.807, 2.05) is 14.1 Å². The van der Waals surface area contributed by atoms with Gasteiger partial charge in [0, 0.05) is 29.6 Å². The summed E-state index contributed by atoms with van der Waals surface area (Å²) in [4.78, 5) is 2.09. The lowest BCUT2D eigenvalue weighted by atomic mass is 9.77. The molecule has 1 saturated carbocycles. The van der Waals surface area contributed by atoms with Gasteiger partial charge in [0.2, 0.25) is 0 Å². The molecule has 1 aromatic rings. The number of aryl methyl sites for hydroxylation is 1. The van der Waals surface area contributed by atoms with E-state index in [4.69, 9.17) is 5.73 Å². The van der Waals surface area contributed by atoms with Crippen molar-refractivity contribution in [1.29, 1.82) is 0 Å². The van der Waals surface area contributed by atoms with Crippen LogP contribution in [0.5, 0.6) is 5.75 Å². The van der Waals surface area contributed by atoms with E-state index >= 15 is 0 Å². The van der Waals surface area contributed by atoms with Crippen LogP contribution in [0.25, 0.3) is 0 Å². The summed E-state index contributed by atoms with van der Waals surface area (Å²) in [5.74, 6) is 0.464. The van der Waals surface area contributed by atoms with Crippen molar-refractivity contribution < 1.29 is 5.11 Å². The third kappa shape index (κ3) is 2.77. The average Bonchev–Trinajstić information content (AvgIpc) is 2.82. The fourth-order valence-corrected chi connectivity index (χ4v) is 3.35. The summed E-state index contributed by atoms with van der Waals surface area (Å²) in [6.45, 7) is 3.49. The van der Waals surface area contributed by atoms with E-state index in [0.29, 0.717) is 12.3 Å². The lowest BCUT2D eigenvalue weighted by molar-refractivity contribution is 0.371. The molecule has 1 aliphatic rings. The zero-order chi connectivity index (χ0) is 14.0. The van der Waals surface area contributed by atoms with Gasteiger partial charge in [0.15, 0.2) is 0 Å². The maximum atomic E-state index is 10.6. The Labute approximate surface area is 116 Å². The van der Waals surface area contributed by atoms with Crippen LogP contribution in [0.1, 0.15) is 42.4 Å². The molecule has 0 saturated heterocycles. The molecule has 0 heterocycles. The summed E-state index contributed by atoms with van der Waals surface area (Å²) in [5.41, 5.74) is 9.35. The Hall–Kier alpha value is -1.06. The molecule has 0 unspecified atom stereocenters. The molecule has 106 valence electrons. The molecule has 3 N–H and O–H groups in total. The summed E-state index contributed by atoms with van der Waals surface area (Å²) in [7, 11) is 4.05. The highest BCUT2D eigenvalue weighted by Gasteiger charge is 2.37. The zero-order valence-corrected chi connectivity index (χ0v) is 12.4. The standard InChI is InChI=1S/C16H26N2O/c1-12-8-13(10-18(2)3)15(19)14(9-12)16(11-17)6-4-5-7-16/h8-9,19H,4-7,10-11,17H2,1-3H3. The van der Waals surface area contributed by atoms with Crippen molar-refractivity contribution in [2.75, 3.05) is 20.6 Å². The molecule has 1 fully saturated rings. The summed E-state index contributed by atoms with van der Waals surface area (Å²) < 4.78 is 0. The number of phenolic OH excluding ortho intramolecular Hbond substituents is 1. The normalized spacial score (nSPS) is 18.2. The largest absolute Gasteiger partial charge is 0.507 e. The van der Waals surface area contributed by atoms with E-state index in [0.717, 1.165) is 30.5 Å². The van der Waals surface area contributed by atoms with Gasteiger partial charge in [0.25, 0.3) is 0 Å². The molecule has 0 aliphatic heterocycles. The predicted octanol–water partition coefficient (Wildman–Crippen LogP) is 2.53. The van der Waals surface area contributed by atoms with E-state index in [2.05, 4.69) is 24.0 Å². The van der Waals surface area contributed by atoms with Crippen molar-refractivity contribution in [3.8, 4) is 5.75 Å². The van der Waals surface area contributed by atoms with Crippen LogP contribution < -0.4 is 5.73 Å². The molecular formula is C16H26N2O. The van der Waals surface area contributed by atoms with Crippen molar-refractivity contribution >= 4 is 0 Å². The Morgan fingerprint density at radius 2 is 1.89 bits per heavy atom. The number of hydrogen-bond acceptors (Lipinski definition) is 3. The second-order valence-corrected chi connectivity index (χ2v) is 6.25. The van der Waals surface area contributed by atoms with Crippen LogP contribution in [-0.2, 0) is 12.0 Å². The highest BCUT2D eigenvalue weighted by Crippen LogP contribution is 2.45. The van der Waals surface area contributed by atoms with Crippen molar-refractivity contribution in [1.82, 2.24) is 4.90 Å². The Balaban J connectivity index is 2.47. The molecule has 0 amide bonds. The number of nitrogens with zero attached hydrogens (tertiary/aromatic N) is 1. The third-order valence-corrected chi connectivity index (χ3v) is 4.34. The molecule has 0 atom stereocenters. The molecule has 1 aliphatic carbocycles. The van der Waals surface area contributed by atoms with Gasteiger partial charge >= 0.3 is 0 Å². The minimum Gasteiger partial charge on any atom is -0.507 e. The summed E-state index contributed by atoms with van der Waals surface area (Å²) in [5, 5.41) is 10.6. The van der Waals surface area contributed by atoms with E-state index in [-0.39, 0.29) is 5.41 Å². The molecule has 1 aromatic carbocycles. The third-order valence-electron chi connectivity index (χ3n) is 4.34. The van der Waals surface area contributed by atoms with Crippen LogP contribution >= 0.6 is 0 Å². The topological polar surface area (TPSA) is 49.5 Å². The molecule has 19 heavy (non-hydrogen) atoms. The number of phenols is 1. The highest BCUT2D eigenvalue weighted by atomic mass is 16.3. The SMILES string of the molecule is Cc1cc(CN(C)C)c(O)c(C2(CN)CCCC2)c1. The van der Waals surface area contributed by atoms with E-state index in [9.17, 15) is 5.11 Å². The molecular weight excluding hydrogens is 236 g/mol. The maximum Gasteiger partial charge on any atom is 0.123 e. The molecule has 0 spiro atoms. The van der Waals surface area contributed by atoms with Gasteiger partial charge in [-0.05, 0) is 33.9 Å². The lowest BCUT2D eigenvalue weighted by Crippen LogP contribution is -2.32. The van der Waals surface area contributed by atoms with Crippen LogP contribution in [0, 0.1) is 6.92 Å². The fraction of sp³-hybridized carbons (Fsp3) is 0.625. The monoisotopic (exact) mass is 262 g/mol. The summed E-state index contributed by atoms with van der Waals surface area (Å²) >= 11 is 0. The minimum absolute atomic E-state index is 0.00281. The first kappa shape index (κ1) is 14.4. The van der Waals surface area contributed by atoms with Gasteiger partial charge in [-0.1, -0.05) is 30.5 Å². The van der Waals surface area contributed by atoms with Crippen molar-refractivity contribution in [2.24, 2.45) is 5.73 Å². The number of aromatic hydroxyl groups is 1. The first-order valence-corrected chi connectivity index (χ1v) is 7.16. The Morgan fingerprint density at radius 3 is 2.42 bits per heavy atom. The van der Waals surface area contributed by atoms with Gasteiger partial charge in [-0.15, -0.1) is 0 Å². The Bertz CT molecular complexity index is 448. The molecule has 3 nitrogen and oxygen atoms in total. The van der Waals surface area contributed by atoms with Gasteiger partial charge in [0.05, 0.1) is 0 Å². The quantitative estimate of drug-likeness (QED) is 0.876. The van der Waals surface area contributed by atoms with E-state index in [1.54, 1.807) is 0 Å². The van der Waals surface area contributed by atoms with Crippen molar-refractivity contribution in [3.63, 3.8) is 0 Å².